The third kappa shape index (κ3) is 7.87. The van der Waals surface area contributed by atoms with Gasteiger partial charge in [-0.25, -0.2) is 9.38 Å². The number of hydrogen-bond acceptors (Lipinski definition) is 3. The van der Waals surface area contributed by atoms with Gasteiger partial charge in [0.1, 0.15) is 5.82 Å². The van der Waals surface area contributed by atoms with Crippen molar-refractivity contribution >= 4 is 29.9 Å². The Morgan fingerprint density at radius 1 is 1.08 bits per heavy atom. The van der Waals surface area contributed by atoms with Gasteiger partial charge in [-0.15, -0.1) is 24.0 Å². The number of benzene rings is 1. The van der Waals surface area contributed by atoms with Gasteiger partial charge in [-0.3, -0.25) is 4.90 Å². The molecule has 0 saturated carbocycles. The molecule has 0 aliphatic carbocycles. The first-order valence-electron chi connectivity index (χ1n) is 8.93. The van der Waals surface area contributed by atoms with Crippen LogP contribution in [0.2, 0.25) is 0 Å². The summed E-state index contributed by atoms with van der Waals surface area (Å²) in [7, 11) is 0. The van der Waals surface area contributed by atoms with Crippen molar-refractivity contribution < 1.29 is 4.39 Å². The van der Waals surface area contributed by atoms with E-state index in [9.17, 15) is 4.39 Å². The third-order valence-electron chi connectivity index (χ3n) is 4.34. The highest BCUT2D eigenvalue weighted by Gasteiger charge is 2.14. The zero-order valence-electron chi connectivity index (χ0n) is 15.3. The number of nitrogens with one attached hydrogen (secondary N) is 2. The molecule has 0 bridgehead atoms. The monoisotopic (exact) mass is 463 g/mol. The van der Waals surface area contributed by atoms with Crippen LogP contribution in [0, 0.1) is 5.82 Å². The summed E-state index contributed by atoms with van der Waals surface area (Å²) in [6, 6.07) is 6.78. The van der Waals surface area contributed by atoms with E-state index in [1.165, 1.54) is 6.07 Å². The van der Waals surface area contributed by atoms with Gasteiger partial charge < -0.3 is 15.5 Å². The molecule has 1 saturated heterocycles. The van der Waals surface area contributed by atoms with Crippen molar-refractivity contribution in [2.45, 2.75) is 20.4 Å². The molecule has 1 aliphatic rings. The largest absolute Gasteiger partial charge is 0.357 e. The minimum absolute atomic E-state index is 0. The molecule has 25 heavy (non-hydrogen) atoms. The molecule has 0 spiro atoms. The average molecular weight is 463 g/mol. The lowest BCUT2D eigenvalue weighted by Gasteiger charge is -2.34. The Bertz CT molecular complexity index is 518. The number of guanidine groups is 1. The van der Waals surface area contributed by atoms with Crippen LogP contribution < -0.4 is 10.6 Å². The topological polar surface area (TPSA) is 42.9 Å². The minimum Gasteiger partial charge on any atom is -0.357 e. The summed E-state index contributed by atoms with van der Waals surface area (Å²) >= 11 is 0. The molecule has 7 heteroatoms. The van der Waals surface area contributed by atoms with E-state index in [2.05, 4.69) is 32.3 Å². The summed E-state index contributed by atoms with van der Waals surface area (Å²) in [5, 5.41) is 6.56. The van der Waals surface area contributed by atoms with Crippen LogP contribution in [0.5, 0.6) is 0 Å². The van der Waals surface area contributed by atoms with E-state index in [1.807, 2.05) is 13.0 Å². The molecular weight excluding hydrogens is 432 g/mol. The highest BCUT2D eigenvalue weighted by Crippen LogP contribution is 2.07. The maximum atomic E-state index is 13.7. The SMILES string of the molecule is CCNC(=NCc1ccccc1F)NCCN1CCN(CC)CC1.I. The quantitative estimate of drug-likeness (QED) is 0.370. The third-order valence-corrected chi connectivity index (χ3v) is 4.34. The molecule has 0 atom stereocenters. The smallest absolute Gasteiger partial charge is 0.191 e. The summed E-state index contributed by atoms with van der Waals surface area (Å²) in [5.74, 6) is 0.541. The maximum Gasteiger partial charge on any atom is 0.191 e. The van der Waals surface area contributed by atoms with E-state index in [-0.39, 0.29) is 29.8 Å². The van der Waals surface area contributed by atoms with Crippen LogP contribution in [0.4, 0.5) is 4.39 Å². The van der Waals surface area contributed by atoms with E-state index in [0.717, 1.165) is 58.3 Å². The minimum atomic E-state index is -0.203. The molecule has 1 aliphatic heterocycles. The first kappa shape index (κ1) is 22.1. The molecule has 1 heterocycles. The fourth-order valence-electron chi connectivity index (χ4n) is 2.79. The van der Waals surface area contributed by atoms with Gasteiger partial charge in [0, 0.05) is 51.4 Å². The molecule has 1 fully saturated rings. The average Bonchev–Trinajstić information content (AvgIpc) is 2.61. The Hall–Kier alpha value is -0.930. The van der Waals surface area contributed by atoms with E-state index in [1.54, 1.807) is 12.1 Å². The Morgan fingerprint density at radius 3 is 2.40 bits per heavy atom. The maximum absolute atomic E-state index is 13.7. The van der Waals surface area contributed by atoms with Crippen LogP contribution in [0.3, 0.4) is 0 Å². The molecule has 0 aromatic heterocycles. The van der Waals surface area contributed by atoms with Crippen molar-refractivity contribution in [1.82, 2.24) is 20.4 Å². The van der Waals surface area contributed by atoms with Gasteiger partial charge in [-0.1, -0.05) is 25.1 Å². The normalized spacial score (nSPS) is 16.4. The number of rotatable bonds is 7. The lowest BCUT2D eigenvalue weighted by Crippen LogP contribution is -2.49. The fraction of sp³-hybridized carbons (Fsp3) is 0.611. The van der Waals surface area contributed by atoms with Gasteiger partial charge in [0.2, 0.25) is 0 Å². The molecule has 2 N–H and O–H groups in total. The van der Waals surface area contributed by atoms with Crippen molar-refractivity contribution in [1.29, 1.82) is 0 Å². The van der Waals surface area contributed by atoms with E-state index >= 15 is 0 Å². The number of piperazine rings is 1. The van der Waals surface area contributed by atoms with Crippen molar-refractivity contribution in [3.63, 3.8) is 0 Å². The summed E-state index contributed by atoms with van der Waals surface area (Å²) in [6.07, 6.45) is 0. The molecule has 1 aromatic rings. The van der Waals surface area contributed by atoms with Crippen molar-refractivity contribution in [2.75, 3.05) is 52.4 Å². The number of likely N-dealkylation sites (N-methyl/N-ethyl adjacent to an activating group) is 1. The highest BCUT2D eigenvalue weighted by molar-refractivity contribution is 14.0. The van der Waals surface area contributed by atoms with Crippen LogP contribution in [-0.2, 0) is 6.54 Å². The first-order valence-corrected chi connectivity index (χ1v) is 8.93. The Balaban J connectivity index is 0.00000312. The van der Waals surface area contributed by atoms with Crippen LogP contribution in [0.25, 0.3) is 0 Å². The van der Waals surface area contributed by atoms with Crippen LogP contribution >= 0.6 is 24.0 Å². The summed E-state index contributed by atoms with van der Waals surface area (Å²) < 4.78 is 13.7. The summed E-state index contributed by atoms with van der Waals surface area (Å²) in [4.78, 5) is 9.43. The standard InChI is InChI=1S/C18H30FN5.HI/c1-3-20-18(22-15-16-7-5-6-8-17(16)19)21-9-10-24-13-11-23(4-2)12-14-24;/h5-8H,3-4,9-15H2,1-2H3,(H2,20,21,22);1H. The molecule has 0 radical (unpaired) electrons. The van der Waals surface area contributed by atoms with Crippen molar-refractivity contribution in [2.24, 2.45) is 4.99 Å². The van der Waals surface area contributed by atoms with Gasteiger partial charge in [0.25, 0.3) is 0 Å². The van der Waals surface area contributed by atoms with Gasteiger partial charge in [0.05, 0.1) is 6.54 Å². The Kier molecular flexibility index (Phi) is 11.0. The molecule has 1 aromatic carbocycles. The zero-order valence-corrected chi connectivity index (χ0v) is 17.6. The van der Waals surface area contributed by atoms with E-state index in [0.29, 0.717) is 12.1 Å². The second kappa shape index (κ2) is 12.4. The lowest BCUT2D eigenvalue weighted by molar-refractivity contribution is 0.139. The molecular formula is C18H31FIN5. The highest BCUT2D eigenvalue weighted by atomic mass is 127. The lowest BCUT2D eigenvalue weighted by atomic mass is 10.2. The van der Waals surface area contributed by atoms with Crippen LogP contribution in [0.15, 0.2) is 29.3 Å². The molecule has 0 unspecified atom stereocenters. The second-order valence-electron chi connectivity index (χ2n) is 5.99. The molecule has 0 amide bonds. The molecule has 5 nitrogen and oxygen atoms in total. The van der Waals surface area contributed by atoms with E-state index < -0.39 is 0 Å². The Morgan fingerprint density at radius 2 is 1.76 bits per heavy atom. The second-order valence-corrected chi connectivity index (χ2v) is 5.99. The predicted molar refractivity (Wildman–Crippen MR) is 113 cm³/mol. The summed E-state index contributed by atoms with van der Waals surface area (Å²) in [6.45, 7) is 12.9. The van der Waals surface area contributed by atoms with Crippen LogP contribution in [0.1, 0.15) is 19.4 Å². The molecule has 2 rings (SSSR count). The Labute approximate surface area is 168 Å². The van der Waals surface area contributed by atoms with Gasteiger partial charge >= 0.3 is 0 Å². The number of halogens is 2. The van der Waals surface area contributed by atoms with E-state index in [4.69, 9.17) is 0 Å². The number of aliphatic imine (C=N–C) groups is 1. The number of nitrogens with zero attached hydrogens (tertiary/aromatic N) is 3. The summed E-state index contributed by atoms with van der Waals surface area (Å²) in [5.41, 5.74) is 0.616. The van der Waals surface area contributed by atoms with Crippen molar-refractivity contribution in [3.8, 4) is 0 Å². The van der Waals surface area contributed by atoms with Gasteiger partial charge in [0.15, 0.2) is 5.96 Å². The fourth-order valence-corrected chi connectivity index (χ4v) is 2.79. The first-order chi connectivity index (χ1) is 11.7. The van der Waals surface area contributed by atoms with Gasteiger partial charge in [-0.05, 0) is 19.5 Å². The molecule has 142 valence electrons. The predicted octanol–water partition coefficient (Wildman–Crippen LogP) is 2.14. The van der Waals surface area contributed by atoms with Gasteiger partial charge in [-0.2, -0.15) is 0 Å². The zero-order chi connectivity index (χ0) is 17.2. The van der Waals surface area contributed by atoms with Crippen molar-refractivity contribution in [3.05, 3.63) is 35.6 Å². The van der Waals surface area contributed by atoms with Crippen LogP contribution in [-0.4, -0.2) is 68.1 Å². The number of hydrogen-bond donors (Lipinski definition) is 2.